The van der Waals surface area contributed by atoms with Crippen LogP contribution in [0.4, 0.5) is 0 Å². The van der Waals surface area contributed by atoms with Gasteiger partial charge < -0.3 is 14.6 Å². The van der Waals surface area contributed by atoms with Gasteiger partial charge in [0.1, 0.15) is 0 Å². The van der Waals surface area contributed by atoms with E-state index >= 15 is 0 Å². The van der Waals surface area contributed by atoms with E-state index in [1.54, 1.807) is 7.11 Å². The third-order valence-corrected chi connectivity index (χ3v) is 4.37. The van der Waals surface area contributed by atoms with Crippen LogP contribution in [0.2, 0.25) is 0 Å². The van der Waals surface area contributed by atoms with Crippen molar-refractivity contribution in [1.29, 1.82) is 0 Å². The summed E-state index contributed by atoms with van der Waals surface area (Å²) in [5.74, 6) is 0.483. The van der Waals surface area contributed by atoms with Crippen molar-refractivity contribution in [2.75, 3.05) is 13.7 Å². The fourth-order valence-corrected chi connectivity index (χ4v) is 3.21. The molecule has 2 aliphatic carbocycles. The molecule has 0 heterocycles. The van der Waals surface area contributed by atoms with Gasteiger partial charge in [-0.1, -0.05) is 6.42 Å². The molecule has 4 atom stereocenters. The van der Waals surface area contributed by atoms with Crippen LogP contribution in [0.3, 0.4) is 0 Å². The minimum Gasteiger partial charge on any atom is -0.393 e. The first-order valence-electron chi connectivity index (χ1n) is 7.12. The van der Waals surface area contributed by atoms with Crippen LogP contribution in [-0.2, 0) is 9.47 Å². The molecule has 0 radical (unpaired) electrons. The molecule has 3 nitrogen and oxygen atoms in total. The lowest BCUT2D eigenvalue weighted by atomic mass is 9.95. The summed E-state index contributed by atoms with van der Waals surface area (Å²) in [6, 6.07) is 0. The predicted octanol–water partition coefficient (Wildman–Crippen LogP) is 2.51. The SMILES string of the molecule is COC1CCCC(OCCC2CCCC2O)C1. The van der Waals surface area contributed by atoms with Gasteiger partial charge in [0.2, 0.25) is 0 Å². The Labute approximate surface area is 104 Å². The van der Waals surface area contributed by atoms with E-state index in [9.17, 15) is 5.11 Å². The Hall–Kier alpha value is -0.120. The maximum Gasteiger partial charge on any atom is 0.0599 e. The zero-order chi connectivity index (χ0) is 12.1. The van der Waals surface area contributed by atoms with Crippen molar-refractivity contribution in [3.05, 3.63) is 0 Å². The van der Waals surface area contributed by atoms with Crippen molar-refractivity contribution in [2.45, 2.75) is 69.7 Å². The second-order valence-electron chi connectivity index (χ2n) is 5.56. The van der Waals surface area contributed by atoms with Crippen LogP contribution in [0.1, 0.15) is 51.4 Å². The monoisotopic (exact) mass is 242 g/mol. The molecule has 0 saturated heterocycles. The molecule has 0 amide bonds. The molecule has 2 aliphatic rings. The lowest BCUT2D eigenvalue weighted by molar-refractivity contribution is -0.0357. The molecule has 2 rings (SSSR count). The molecule has 2 saturated carbocycles. The summed E-state index contributed by atoms with van der Waals surface area (Å²) in [6.07, 6.45) is 9.69. The number of ether oxygens (including phenoxy) is 2. The summed E-state index contributed by atoms with van der Waals surface area (Å²) < 4.78 is 11.3. The van der Waals surface area contributed by atoms with Crippen LogP contribution in [-0.4, -0.2) is 37.1 Å². The van der Waals surface area contributed by atoms with E-state index in [-0.39, 0.29) is 6.10 Å². The Bertz CT molecular complexity index is 220. The number of aliphatic hydroxyl groups excluding tert-OH is 1. The van der Waals surface area contributed by atoms with Crippen molar-refractivity contribution >= 4 is 0 Å². The molecule has 0 spiro atoms. The van der Waals surface area contributed by atoms with Crippen molar-refractivity contribution < 1.29 is 14.6 Å². The Balaban J connectivity index is 1.61. The van der Waals surface area contributed by atoms with Gasteiger partial charge in [0.15, 0.2) is 0 Å². The van der Waals surface area contributed by atoms with Gasteiger partial charge >= 0.3 is 0 Å². The molecule has 0 aromatic rings. The highest BCUT2D eigenvalue weighted by Crippen LogP contribution is 2.29. The van der Waals surface area contributed by atoms with Crippen molar-refractivity contribution in [3.8, 4) is 0 Å². The third-order valence-electron chi connectivity index (χ3n) is 4.37. The zero-order valence-electron chi connectivity index (χ0n) is 10.9. The molecule has 2 fully saturated rings. The number of aliphatic hydroxyl groups is 1. The third kappa shape index (κ3) is 3.94. The number of hydrogen-bond acceptors (Lipinski definition) is 3. The Morgan fingerprint density at radius 3 is 2.53 bits per heavy atom. The summed E-state index contributed by atoms with van der Waals surface area (Å²) >= 11 is 0. The quantitative estimate of drug-likeness (QED) is 0.805. The molecule has 0 aliphatic heterocycles. The average Bonchev–Trinajstić information content (AvgIpc) is 2.76. The Morgan fingerprint density at radius 2 is 1.82 bits per heavy atom. The van der Waals surface area contributed by atoms with Crippen LogP contribution >= 0.6 is 0 Å². The molecule has 0 aromatic carbocycles. The molecule has 0 bridgehead atoms. The van der Waals surface area contributed by atoms with Gasteiger partial charge in [-0.2, -0.15) is 0 Å². The highest BCUT2D eigenvalue weighted by molar-refractivity contribution is 4.77. The first-order chi connectivity index (χ1) is 8.29. The van der Waals surface area contributed by atoms with Crippen molar-refractivity contribution in [2.24, 2.45) is 5.92 Å². The van der Waals surface area contributed by atoms with E-state index in [0.29, 0.717) is 18.1 Å². The van der Waals surface area contributed by atoms with Gasteiger partial charge in [0, 0.05) is 13.7 Å². The fraction of sp³-hybridized carbons (Fsp3) is 1.00. The van der Waals surface area contributed by atoms with Crippen LogP contribution in [0, 0.1) is 5.92 Å². The number of hydrogen-bond donors (Lipinski definition) is 1. The van der Waals surface area contributed by atoms with E-state index in [1.807, 2.05) is 0 Å². The highest BCUT2D eigenvalue weighted by Gasteiger charge is 2.26. The summed E-state index contributed by atoms with van der Waals surface area (Å²) in [5.41, 5.74) is 0. The second-order valence-corrected chi connectivity index (χ2v) is 5.56. The van der Waals surface area contributed by atoms with Gasteiger partial charge in [0.05, 0.1) is 18.3 Å². The summed E-state index contributed by atoms with van der Waals surface area (Å²) in [4.78, 5) is 0. The summed E-state index contributed by atoms with van der Waals surface area (Å²) in [6.45, 7) is 0.808. The summed E-state index contributed by atoms with van der Waals surface area (Å²) in [7, 11) is 1.79. The van der Waals surface area contributed by atoms with E-state index in [1.165, 1.54) is 32.1 Å². The topological polar surface area (TPSA) is 38.7 Å². The largest absolute Gasteiger partial charge is 0.393 e. The predicted molar refractivity (Wildman–Crippen MR) is 67.0 cm³/mol. The molecule has 3 heteroatoms. The standard InChI is InChI=1S/C14H26O3/c1-16-12-5-3-6-13(10-12)17-9-8-11-4-2-7-14(11)15/h11-15H,2-10H2,1H3. The summed E-state index contributed by atoms with van der Waals surface area (Å²) in [5, 5.41) is 9.73. The lowest BCUT2D eigenvalue weighted by Crippen LogP contribution is -2.28. The van der Waals surface area contributed by atoms with E-state index in [4.69, 9.17) is 9.47 Å². The minimum absolute atomic E-state index is 0.0725. The van der Waals surface area contributed by atoms with E-state index in [0.717, 1.165) is 25.9 Å². The molecular weight excluding hydrogens is 216 g/mol. The average molecular weight is 242 g/mol. The van der Waals surface area contributed by atoms with Gasteiger partial charge in [-0.3, -0.25) is 0 Å². The van der Waals surface area contributed by atoms with E-state index < -0.39 is 0 Å². The first kappa shape index (κ1) is 13.3. The second kappa shape index (κ2) is 6.72. The maximum atomic E-state index is 9.73. The molecule has 4 unspecified atom stereocenters. The van der Waals surface area contributed by atoms with Crippen LogP contribution in [0.15, 0.2) is 0 Å². The highest BCUT2D eigenvalue weighted by atomic mass is 16.5. The first-order valence-corrected chi connectivity index (χ1v) is 7.12. The molecule has 100 valence electrons. The number of methoxy groups -OCH3 is 1. The van der Waals surface area contributed by atoms with Crippen LogP contribution in [0.5, 0.6) is 0 Å². The van der Waals surface area contributed by atoms with Crippen LogP contribution < -0.4 is 0 Å². The van der Waals surface area contributed by atoms with Gasteiger partial charge in [-0.05, 0) is 50.9 Å². The van der Waals surface area contributed by atoms with Crippen molar-refractivity contribution in [1.82, 2.24) is 0 Å². The number of rotatable bonds is 5. The maximum absolute atomic E-state index is 9.73. The zero-order valence-corrected chi connectivity index (χ0v) is 10.9. The lowest BCUT2D eigenvalue weighted by Gasteiger charge is -2.28. The normalized spacial score (nSPS) is 38.5. The van der Waals surface area contributed by atoms with Crippen LogP contribution in [0.25, 0.3) is 0 Å². The molecule has 17 heavy (non-hydrogen) atoms. The minimum atomic E-state index is -0.0725. The van der Waals surface area contributed by atoms with Gasteiger partial charge in [-0.15, -0.1) is 0 Å². The van der Waals surface area contributed by atoms with Gasteiger partial charge in [-0.25, -0.2) is 0 Å². The van der Waals surface area contributed by atoms with Gasteiger partial charge in [0.25, 0.3) is 0 Å². The molecular formula is C14H26O3. The smallest absolute Gasteiger partial charge is 0.0599 e. The fourth-order valence-electron chi connectivity index (χ4n) is 3.21. The Kier molecular flexibility index (Phi) is 5.26. The Morgan fingerprint density at radius 1 is 1.06 bits per heavy atom. The molecule has 1 N–H and O–H groups in total. The van der Waals surface area contributed by atoms with Crippen molar-refractivity contribution in [3.63, 3.8) is 0 Å². The van der Waals surface area contributed by atoms with E-state index in [2.05, 4.69) is 0 Å². The molecule has 0 aromatic heterocycles.